The summed E-state index contributed by atoms with van der Waals surface area (Å²) in [5.41, 5.74) is 0.842. The van der Waals surface area contributed by atoms with Gasteiger partial charge in [0.1, 0.15) is 9.90 Å². The number of aromatic carboxylic acids is 1. The van der Waals surface area contributed by atoms with Gasteiger partial charge in [0, 0.05) is 12.5 Å². The predicted octanol–water partition coefficient (Wildman–Crippen LogP) is 2.77. The van der Waals surface area contributed by atoms with Gasteiger partial charge in [-0.3, -0.25) is 4.31 Å². The van der Waals surface area contributed by atoms with Gasteiger partial charge >= 0.3 is 5.97 Å². The van der Waals surface area contributed by atoms with Crippen LogP contribution in [0, 0.1) is 0 Å². The van der Waals surface area contributed by atoms with Gasteiger partial charge < -0.3 is 14.8 Å². The predicted molar refractivity (Wildman–Crippen MR) is 96.0 cm³/mol. The number of nitrogens with zero attached hydrogens (tertiary/aromatic N) is 1. The maximum Gasteiger partial charge on any atom is 0.352 e. The van der Waals surface area contributed by atoms with Crippen molar-refractivity contribution in [3.8, 4) is 0 Å². The number of hydrogen-bond acceptors (Lipinski definition) is 5. The molecule has 0 amide bonds. The minimum absolute atomic E-state index is 0.00247. The highest BCUT2D eigenvalue weighted by Gasteiger charge is 2.27. The van der Waals surface area contributed by atoms with E-state index in [0.29, 0.717) is 16.6 Å². The van der Waals surface area contributed by atoms with Crippen molar-refractivity contribution in [3.63, 3.8) is 0 Å². The first-order valence-corrected chi connectivity index (χ1v) is 9.67. The Kier molecular flexibility index (Phi) is 4.80. The zero-order valence-corrected chi connectivity index (χ0v) is 14.9. The molecule has 3 rings (SSSR count). The maximum atomic E-state index is 13.0. The molecule has 7 nitrogen and oxygen atoms in total. The van der Waals surface area contributed by atoms with E-state index in [0.717, 1.165) is 11.3 Å². The molecule has 3 aromatic rings. The van der Waals surface area contributed by atoms with Crippen LogP contribution in [-0.4, -0.2) is 44.7 Å². The molecule has 0 aliphatic heterocycles. The van der Waals surface area contributed by atoms with Crippen LogP contribution in [0.4, 0.5) is 5.69 Å². The fourth-order valence-electron chi connectivity index (χ4n) is 2.53. The van der Waals surface area contributed by atoms with E-state index in [2.05, 4.69) is 4.98 Å². The summed E-state index contributed by atoms with van der Waals surface area (Å²) in [6, 6.07) is 9.76. The van der Waals surface area contributed by atoms with Gasteiger partial charge in [-0.2, -0.15) is 0 Å². The number of nitrogens with one attached hydrogen (secondary N) is 1. The van der Waals surface area contributed by atoms with Crippen molar-refractivity contribution in [3.05, 3.63) is 47.5 Å². The van der Waals surface area contributed by atoms with Crippen molar-refractivity contribution in [2.45, 2.75) is 4.21 Å². The molecular weight excluding hydrogens is 364 g/mol. The lowest BCUT2D eigenvalue weighted by Gasteiger charge is -2.24. The highest BCUT2D eigenvalue weighted by atomic mass is 32.2. The summed E-state index contributed by atoms with van der Waals surface area (Å²) in [4.78, 5) is 14.0. The van der Waals surface area contributed by atoms with E-state index in [-0.39, 0.29) is 23.1 Å². The largest absolute Gasteiger partial charge is 0.477 e. The number of aromatic amines is 1. The molecule has 0 aliphatic rings. The first kappa shape index (κ1) is 17.5. The Hall–Kier alpha value is -2.36. The number of anilines is 1. The Labute approximate surface area is 148 Å². The average Bonchev–Trinajstić information content (AvgIpc) is 3.25. The summed E-state index contributed by atoms with van der Waals surface area (Å²) in [6.07, 6.45) is 0. The highest BCUT2D eigenvalue weighted by Crippen LogP contribution is 2.32. The van der Waals surface area contributed by atoms with Crippen molar-refractivity contribution in [1.82, 2.24) is 4.98 Å². The molecule has 0 fully saturated rings. The molecule has 0 bridgehead atoms. The molecule has 0 saturated heterocycles. The lowest BCUT2D eigenvalue weighted by Crippen LogP contribution is -2.33. The SMILES string of the molecule is COCCN(c1cccc2cc(C(=O)O)[nH]c12)S(=O)(=O)c1cccs1. The van der Waals surface area contributed by atoms with Crippen molar-refractivity contribution >= 4 is 43.9 Å². The molecule has 0 unspecified atom stereocenters. The Balaban J connectivity index is 2.17. The first-order chi connectivity index (χ1) is 11.9. The summed E-state index contributed by atoms with van der Waals surface area (Å²) in [7, 11) is -2.29. The number of H-pyrrole nitrogens is 1. The Bertz CT molecular complexity index is 993. The van der Waals surface area contributed by atoms with Crippen LogP contribution in [0.3, 0.4) is 0 Å². The molecule has 0 radical (unpaired) electrons. The molecule has 1 aromatic carbocycles. The normalized spacial score (nSPS) is 11.7. The lowest BCUT2D eigenvalue weighted by molar-refractivity contribution is 0.0691. The summed E-state index contributed by atoms with van der Waals surface area (Å²) >= 11 is 1.13. The van der Waals surface area contributed by atoms with Crippen molar-refractivity contribution in [2.75, 3.05) is 24.6 Å². The fraction of sp³-hybridized carbons (Fsp3) is 0.188. The molecule has 0 aliphatic carbocycles. The zero-order valence-electron chi connectivity index (χ0n) is 13.3. The quantitative estimate of drug-likeness (QED) is 0.656. The van der Waals surface area contributed by atoms with Crippen LogP contribution < -0.4 is 4.31 Å². The summed E-state index contributed by atoms with van der Waals surface area (Å²) < 4.78 is 32.6. The zero-order chi connectivity index (χ0) is 18.0. The monoisotopic (exact) mass is 380 g/mol. The van der Waals surface area contributed by atoms with Gasteiger partial charge in [-0.25, -0.2) is 13.2 Å². The van der Waals surface area contributed by atoms with Crippen molar-refractivity contribution in [2.24, 2.45) is 0 Å². The molecular formula is C16H16N2O5S2. The third kappa shape index (κ3) is 3.26. The van der Waals surface area contributed by atoms with Crippen LogP contribution in [0.15, 0.2) is 46.0 Å². The Morgan fingerprint density at radius 1 is 1.32 bits per heavy atom. The van der Waals surface area contributed by atoms with Crippen LogP contribution >= 0.6 is 11.3 Å². The number of aromatic nitrogens is 1. The van der Waals surface area contributed by atoms with Crippen molar-refractivity contribution in [1.29, 1.82) is 0 Å². The van der Waals surface area contributed by atoms with Gasteiger partial charge in [0.15, 0.2) is 0 Å². The number of para-hydroxylation sites is 1. The second-order valence-corrected chi connectivity index (χ2v) is 8.27. The van der Waals surface area contributed by atoms with E-state index in [1.165, 1.54) is 23.5 Å². The number of thiophene rings is 1. The number of benzene rings is 1. The lowest BCUT2D eigenvalue weighted by atomic mass is 10.2. The number of carbonyl (C=O) groups is 1. The van der Waals surface area contributed by atoms with E-state index < -0.39 is 16.0 Å². The van der Waals surface area contributed by atoms with Gasteiger partial charge in [-0.05, 0) is 23.6 Å². The van der Waals surface area contributed by atoms with E-state index in [1.807, 2.05) is 0 Å². The van der Waals surface area contributed by atoms with Crippen LogP contribution in [0.25, 0.3) is 10.9 Å². The Morgan fingerprint density at radius 2 is 2.12 bits per heavy atom. The van der Waals surface area contributed by atoms with Gasteiger partial charge in [0.05, 0.1) is 24.4 Å². The molecule has 0 spiro atoms. The molecule has 132 valence electrons. The molecule has 0 atom stereocenters. The molecule has 2 heterocycles. The molecule has 9 heteroatoms. The first-order valence-electron chi connectivity index (χ1n) is 7.35. The fourth-order valence-corrected chi connectivity index (χ4v) is 5.09. The second-order valence-electron chi connectivity index (χ2n) is 5.23. The molecule has 0 saturated carbocycles. The number of carboxylic acid groups (broad SMARTS) is 1. The van der Waals surface area contributed by atoms with E-state index in [1.54, 1.807) is 29.6 Å². The number of sulfonamides is 1. The number of fused-ring (bicyclic) bond motifs is 1. The number of carboxylic acids is 1. The molecule has 2 N–H and O–H groups in total. The third-order valence-corrected chi connectivity index (χ3v) is 6.86. The number of rotatable bonds is 7. The smallest absolute Gasteiger partial charge is 0.352 e. The number of hydrogen-bond donors (Lipinski definition) is 2. The van der Waals surface area contributed by atoms with Gasteiger partial charge in [0.25, 0.3) is 10.0 Å². The molecule has 2 aromatic heterocycles. The van der Waals surface area contributed by atoms with Crippen LogP contribution in [0.1, 0.15) is 10.5 Å². The summed E-state index contributed by atoms with van der Waals surface area (Å²) in [6.45, 7) is 0.310. The van der Waals surface area contributed by atoms with Crippen LogP contribution in [0.2, 0.25) is 0 Å². The van der Waals surface area contributed by atoms with Gasteiger partial charge in [-0.15, -0.1) is 11.3 Å². The number of ether oxygens (including phenoxy) is 1. The average molecular weight is 380 g/mol. The second kappa shape index (κ2) is 6.87. The number of methoxy groups -OCH3 is 1. The van der Waals surface area contributed by atoms with E-state index in [9.17, 15) is 18.3 Å². The topological polar surface area (TPSA) is 99.7 Å². The third-order valence-electron chi connectivity index (χ3n) is 3.67. The highest BCUT2D eigenvalue weighted by molar-refractivity contribution is 7.94. The van der Waals surface area contributed by atoms with E-state index in [4.69, 9.17) is 4.74 Å². The Morgan fingerprint density at radius 3 is 2.76 bits per heavy atom. The maximum absolute atomic E-state index is 13.0. The van der Waals surface area contributed by atoms with E-state index >= 15 is 0 Å². The van der Waals surface area contributed by atoms with Gasteiger partial charge in [0.2, 0.25) is 0 Å². The van der Waals surface area contributed by atoms with Crippen LogP contribution in [-0.2, 0) is 14.8 Å². The molecule has 25 heavy (non-hydrogen) atoms. The van der Waals surface area contributed by atoms with Crippen molar-refractivity contribution < 1.29 is 23.1 Å². The van der Waals surface area contributed by atoms with Gasteiger partial charge in [-0.1, -0.05) is 18.2 Å². The summed E-state index contributed by atoms with van der Waals surface area (Å²) in [5.74, 6) is -1.10. The minimum atomic E-state index is -3.78. The standard InChI is InChI=1S/C16H16N2O5S2/c1-23-8-7-18(25(21,22)14-6-3-9-24-14)13-5-2-4-11-10-12(16(19)20)17-15(11)13/h2-6,9-10,17H,7-8H2,1H3,(H,19,20). The summed E-state index contributed by atoms with van der Waals surface area (Å²) in [5, 5.41) is 11.5. The van der Waals surface area contributed by atoms with Crippen LogP contribution in [0.5, 0.6) is 0 Å². The minimum Gasteiger partial charge on any atom is -0.477 e.